The number of nitrogens with zero attached hydrogens (tertiary/aromatic N) is 1. The Hall–Kier alpha value is -2.62. The van der Waals surface area contributed by atoms with Crippen LogP contribution in [0.5, 0.6) is 0 Å². The van der Waals surface area contributed by atoms with Gasteiger partial charge in [-0.2, -0.15) is 0 Å². The van der Waals surface area contributed by atoms with E-state index in [0.717, 1.165) is 24.1 Å². The highest BCUT2D eigenvalue weighted by Crippen LogP contribution is 2.32. The topological polar surface area (TPSA) is 49.4 Å². The van der Waals surface area contributed by atoms with Gasteiger partial charge in [-0.25, -0.2) is 0 Å². The van der Waals surface area contributed by atoms with Crippen LogP contribution in [0.3, 0.4) is 0 Å². The second kappa shape index (κ2) is 7.51. The first-order valence-electron chi connectivity index (χ1n) is 8.78. The van der Waals surface area contributed by atoms with Crippen molar-refractivity contribution in [1.29, 1.82) is 0 Å². The van der Waals surface area contributed by atoms with Crippen molar-refractivity contribution in [2.75, 3.05) is 4.90 Å². The van der Waals surface area contributed by atoms with Crippen LogP contribution in [0.4, 0.5) is 5.69 Å². The third kappa shape index (κ3) is 3.90. The molecule has 2 amide bonds. The number of para-hydroxylation sites is 1. The number of amides is 2. The predicted octanol–water partition coefficient (Wildman–Crippen LogP) is 3.10. The number of aryl methyl sites for hydroxylation is 1. The zero-order chi connectivity index (χ0) is 17.8. The monoisotopic (exact) mass is 336 g/mol. The van der Waals surface area contributed by atoms with Gasteiger partial charge in [0.05, 0.1) is 0 Å². The van der Waals surface area contributed by atoms with Crippen LogP contribution in [0.2, 0.25) is 0 Å². The van der Waals surface area contributed by atoms with Crippen molar-refractivity contribution < 1.29 is 9.59 Å². The molecule has 1 heterocycles. The maximum Gasteiger partial charge on any atom is 0.243 e. The molecular formula is C21H24N2O2. The molecule has 1 aliphatic rings. The first-order valence-corrected chi connectivity index (χ1v) is 8.78. The minimum atomic E-state index is -0.450. The summed E-state index contributed by atoms with van der Waals surface area (Å²) in [5, 5.41) is 3.08. The van der Waals surface area contributed by atoms with Gasteiger partial charge < -0.3 is 5.32 Å². The van der Waals surface area contributed by atoms with E-state index < -0.39 is 6.04 Å². The number of carbonyl (C=O) groups excluding carboxylic acids is 2. The van der Waals surface area contributed by atoms with E-state index in [1.807, 2.05) is 49.4 Å². The smallest absolute Gasteiger partial charge is 0.243 e. The number of carbonyl (C=O) groups is 2. The van der Waals surface area contributed by atoms with Gasteiger partial charge in [-0.05, 0) is 37.0 Å². The second-order valence-corrected chi connectivity index (χ2v) is 6.67. The fourth-order valence-corrected chi connectivity index (χ4v) is 3.42. The maximum atomic E-state index is 12.7. The zero-order valence-corrected chi connectivity index (χ0v) is 14.7. The van der Waals surface area contributed by atoms with Gasteiger partial charge in [0.1, 0.15) is 6.04 Å². The number of rotatable bonds is 5. The first-order chi connectivity index (χ1) is 12.1. The van der Waals surface area contributed by atoms with Crippen LogP contribution in [-0.4, -0.2) is 23.9 Å². The molecule has 0 unspecified atom stereocenters. The van der Waals surface area contributed by atoms with E-state index in [4.69, 9.17) is 0 Å². The standard InChI is InChI=1S/C21H24N2O2/c1-15(12-13-17-8-4-3-5-9-17)22-21(25)20-14-18-10-6-7-11-19(18)23(20)16(2)24/h3-11,15,20H,12-14H2,1-2H3,(H,22,25)/t15-,20+/m1/s1. The largest absolute Gasteiger partial charge is 0.352 e. The lowest BCUT2D eigenvalue weighted by atomic mass is 10.1. The minimum Gasteiger partial charge on any atom is -0.352 e. The number of nitrogens with one attached hydrogen (secondary N) is 1. The summed E-state index contributed by atoms with van der Waals surface area (Å²) in [6.45, 7) is 3.53. The molecule has 4 nitrogen and oxygen atoms in total. The molecule has 0 aliphatic carbocycles. The van der Waals surface area contributed by atoms with Gasteiger partial charge in [0.15, 0.2) is 0 Å². The Kier molecular flexibility index (Phi) is 5.17. The van der Waals surface area contributed by atoms with Crippen molar-refractivity contribution in [3.05, 3.63) is 65.7 Å². The van der Waals surface area contributed by atoms with Crippen LogP contribution in [0.25, 0.3) is 0 Å². The van der Waals surface area contributed by atoms with E-state index >= 15 is 0 Å². The first kappa shape index (κ1) is 17.2. The van der Waals surface area contributed by atoms with Crippen molar-refractivity contribution in [2.24, 2.45) is 0 Å². The molecule has 0 bridgehead atoms. The molecule has 0 fully saturated rings. The highest BCUT2D eigenvalue weighted by molar-refractivity contribution is 6.02. The lowest BCUT2D eigenvalue weighted by Gasteiger charge is -2.25. The Morgan fingerprint density at radius 2 is 1.80 bits per heavy atom. The lowest BCUT2D eigenvalue weighted by molar-refractivity contribution is -0.126. The summed E-state index contributed by atoms with van der Waals surface area (Å²) in [5.41, 5.74) is 3.17. The maximum absolute atomic E-state index is 12.7. The molecular weight excluding hydrogens is 312 g/mol. The molecule has 0 spiro atoms. The summed E-state index contributed by atoms with van der Waals surface area (Å²) in [6.07, 6.45) is 2.37. The molecule has 4 heteroatoms. The van der Waals surface area contributed by atoms with Crippen molar-refractivity contribution in [3.63, 3.8) is 0 Å². The second-order valence-electron chi connectivity index (χ2n) is 6.67. The quantitative estimate of drug-likeness (QED) is 0.912. The molecule has 2 aromatic rings. The Morgan fingerprint density at radius 3 is 2.52 bits per heavy atom. The minimum absolute atomic E-state index is 0.0604. The van der Waals surface area contributed by atoms with Gasteiger partial charge in [0.2, 0.25) is 11.8 Å². The van der Waals surface area contributed by atoms with E-state index in [1.54, 1.807) is 4.90 Å². The van der Waals surface area contributed by atoms with Crippen molar-refractivity contribution in [3.8, 4) is 0 Å². The van der Waals surface area contributed by atoms with Crippen LogP contribution in [0.15, 0.2) is 54.6 Å². The van der Waals surface area contributed by atoms with Gasteiger partial charge in [-0.15, -0.1) is 0 Å². The van der Waals surface area contributed by atoms with Crippen LogP contribution in [0, 0.1) is 0 Å². The fraction of sp³-hybridized carbons (Fsp3) is 0.333. The fourth-order valence-electron chi connectivity index (χ4n) is 3.42. The summed E-state index contributed by atoms with van der Waals surface area (Å²) in [6, 6.07) is 17.6. The van der Waals surface area contributed by atoms with E-state index in [-0.39, 0.29) is 17.9 Å². The summed E-state index contributed by atoms with van der Waals surface area (Å²) in [4.78, 5) is 26.4. The number of anilines is 1. The van der Waals surface area contributed by atoms with Gasteiger partial charge in [-0.1, -0.05) is 48.5 Å². The summed E-state index contributed by atoms with van der Waals surface area (Å²) < 4.78 is 0. The third-order valence-electron chi connectivity index (χ3n) is 4.72. The number of hydrogen-bond donors (Lipinski definition) is 1. The third-order valence-corrected chi connectivity index (χ3v) is 4.72. The summed E-state index contributed by atoms with van der Waals surface area (Å²) >= 11 is 0. The van der Waals surface area contributed by atoms with Crippen molar-refractivity contribution >= 4 is 17.5 Å². The van der Waals surface area contributed by atoms with Gasteiger partial charge >= 0.3 is 0 Å². The SMILES string of the molecule is CC(=O)N1c2ccccc2C[C@H]1C(=O)N[C@H](C)CCc1ccccc1. The highest BCUT2D eigenvalue weighted by Gasteiger charge is 2.36. The summed E-state index contributed by atoms with van der Waals surface area (Å²) in [7, 11) is 0. The highest BCUT2D eigenvalue weighted by atomic mass is 16.2. The van der Waals surface area contributed by atoms with E-state index in [9.17, 15) is 9.59 Å². The Morgan fingerprint density at radius 1 is 1.12 bits per heavy atom. The van der Waals surface area contributed by atoms with Crippen molar-refractivity contribution in [1.82, 2.24) is 5.32 Å². The normalized spacial score (nSPS) is 17.0. The summed E-state index contributed by atoms with van der Waals surface area (Å²) in [5.74, 6) is -0.172. The van der Waals surface area contributed by atoms with Gasteiger partial charge in [-0.3, -0.25) is 14.5 Å². The molecule has 0 saturated carbocycles. The predicted molar refractivity (Wildman–Crippen MR) is 99.5 cm³/mol. The lowest BCUT2D eigenvalue weighted by Crippen LogP contribution is -2.49. The average Bonchev–Trinajstić information content (AvgIpc) is 3.01. The molecule has 2 atom stereocenters. The number of fused-ring (bicyclic) bond motifs is 1. The molecule has 1 aliphatic heterocycles. The molecule has 1 N–H and O–H groups in total. The Bertz CT molecular complexity index is 758. The van der Waals surface area contributed by atoms with Crippen LogP contribution in [-0.2, 0) is 22.4 Å². The number of benzene rings is 2. The Labute approximate surface area is 148 Å². The van der Waals surface area contributed by atoms with E-state index in [1.165, 1.54) is 12.5 Å². The van der Waals surface area contributed by atoms with Crippen LogP contribution >= 0.6 is 0 Å². The molecule has 2 aromatic carbocycles. The van der Waals surface area contributed by atoms with Crippen LogP contribution in [0.1, 0.15) is 31.4 Å². The Balaban J connectivity index is 1.62. The zero-order valence-electron chi connectivity index (χ0n) is 14.7. The molecule has 130 valence electrons. The van der Waals surface area contributed by atoms with Gasteiger partial charge in [0, 0.05) is 25.1 Å². The van der Waals surface area contributed by atoms with E-state index in [0.29, 0.717) is 6.42 Å². The molecule has 0 radical (unpaired) electrons. The average molecular weight is 336 g/mol. The van der Waals surface area contributed by atoms with Crippen molar-refractivity contribution in [2.45, 2.75) is 45.2 Å². The molecule has 0 aromatic heterocycles. The molecule has 25 heavy (non-hydrogen) atoms. The van der Waals surface area contributed by atoms with E-state index in [2.05, 4.69) is 17.4 Å². The van der Waals surface area contributed by atoms with Crippen LogP contribution < -0.4 is 10.2 Å². The molecule has 3 rings (SSSR count). The van der Waals surface area contributed by atoms with Gasteiger partial charge in [0.25, 0.3) is 0 Å². The molecule has 0 saturated heterocycles. The number of hydrogen-bond acceptors (Lipinski definition) is 2.